The first-order chi connectivity index (χ1) is 10.1. The van der Waals surface area contributed by atoms with Gasteiger partial charge in [0.15, 0.2) is 0 Å². The Kier molecular flexibility index (Phi) is 4.42. The highest BCUT2D eigenvalue weighted by molar-refractivity contribution is 7.75. The summed E-state index contributed by atoms with van der Waals surface area (Å²) in [6.07, 6.45) is 0. The molecule has 22 heavy (non-hydrogen) atoms. The summed E-state index contributed by atoms with van der Waals surface area (Å²) >= 11 is 0. The van der Waals surface area contributed by atoms with Gasteiger partial charge in [0.1, 0.15) is 0 Å². The zero-order valence-electron chi connectivity index (χ0n) is 14.6. The second-order valence-corrected chi connectivity index (χ2v) is 12.4. The zero-order chi connectivity index (χ0) is 16.6. The molecule has 2 heteroatoms. The monoisotopic (exact) mass is 313 g/mol. The van der Waals surface area contributed by atoms with E-state index in [9.17, 15) is 5.16 Å². The first-order valence-corrected chi connectivity index (χ1v) is 9.67. The molecule has 2 aromatic rings. The van der Waals surface area contributed by atoms with Gasteiger partial charge in [0.25, 0.3) is 0 Å². The second-order valence-electron chi connectivity index (χ2n) is 7.90. The summed E-state index contributed by atoms with van der Waals surface area (Å²) in [7, 11) is -2.14. The largest absolute Gasteiger partial charge is 0.313 e. The topological polar surface area (TPSA) is 23.9 Å². The van der Waals surface area contributed by atoms with Gasteiger partial charge < -0.3 is 5.16 Å². The molecule has 0 saturated carbocycles. The predicted molar refractivity (Wildman–Crippen MR) is 101 cm³/mol. The number of hydrogen-bond acceptors (Lipinski definition) is 1. The Bertz CT molecular complexity index is 670. The fraction of sp³-hybridized carbons (Fsp3) is 0.400. The maximum absolute atomic E-state index is 9.57. The van der Waals surface area contributed by atoms with Crippen molar-refractivity contribution in [2.75, 3.05) is 0 Å². The lowest BCUT2D eigenvalue weighted by molar-refractivity contribution is 0.700. The van der Waals surface area contributed by atoms with Crippen molar-refractivity contribution in [2.24, 2.45) is 0 Å². The third-order valence-electron chi connectivity index (χ3n) is 4.36. The van der Waals surface area contributed by atoms with E-state index in [4.69, 9.17) is 0 Å². The van der Waals surface area contributed by atoms with E-state index in [1.807, 2.05) is 6.07 Å². The summed E-state index contributed by atoms with van der Waals surface area (Å²) in [5, 5.41) is 10.7. The first kappa shape index (κ1) is 17.0. The molecule has 0 aliphatic carbocycles. The Morgan fingerprint density at radius 3 is 1.64 bits per heavy atom. The SMILES string of the molecule is CC(C)(C)P(=N)(c1ccccc1-c1ccccc1)C(C)(C)C. The molecule has 118 valence electrons. The highest BCUT2D eigenvalue weighted by atomic mass is 31.2. The molecule has 0 heterocycles. The lowest BCUT2D eigenvalue weighted by atomic mass is 10.1. The molecule has 0 radical (unpaired) electrons. The molecule has 0 bridgehead atoms. The quantitative estimate of drug-likeness (QED) is 0.624. The van der Waals surface area contributed by atoms with Crippen LogP contribution in [0.2, 0.25) is 0 Å². The molecule has 0 atom stereocenters. The Balaban J connectivity index is 2.79. The Hall–Kier alpha value is -1.33. The average molecular weight is 313 g/mol. The number of nitrogens with one attached hydrogen (secondary N) is 1. The van der Waals surface area contributed by atoms with Crippen LogP contribution < -0.4 is 5.30 Å². The van der Waals surface area contributed by atoms with Crippen molar-refractivity contribution in [3.05, 3.63) is 54.6 Å². The van der Waals surface area contributed by atoms with Gasteiger partial charge in [0.2, 0.25) is 0 Å². The van der Waals surface area contributed by atoms with Crippen molar-refractivity contribution >= 4 is 12.4 Å². The molecule has 0 amide bonds. The normalized spacial score (nSPS) is 13.2. The Morgan fingerprint density at radius 1 is 0.682 bits per heavy atom. The van der Waals surface area contributed by atoms with Crippen LogP contribution in [-0.4, -0.2) is 10.3 Å². The van der Waals surface area contributed by atoms with Crippen LogP contribution in [0.3, 0.4) is 0 Å². The maximum atomic E-state index is 9.57. The van der Waals surface area contributed by atoms with Crippen LogP contribution >= 0.6 is 7.05 Å². The molecule has 0 fully saturated rings. The Morgan fingerprint density at radius 2 is 1.14 bits per heavy atom. The van der Waals surface area contributed by atoms with E-state index < -0.39 is 7.05 Å². The van der Waals surface area contributed by atoms with Crippen LogP contribution in [0.4, 0.5) is 0 Å². The minimum atomic E-state index is -2.14. The van der Waals surface area contributed by atoms with Crippen LogP contribution in [0.5, 0.6) is 0 Å². The Labute approximate surface area is 135 Å². The van der Waals surface area contributed by atoms with Crippen molar-refractivity contribution in [3.8, 4) is 11.1 Å². The summed E-state index contributed by atoms with van der Waals surface area (Å²) in [5.74, 6) is 0. The van der Waals surface area contributed by atoms with Gasteiger partial charge in [-0.25, -0.2) is 0 Å². The average Bonchev–Trinajstić information content (AvgIpc) is 2.45. The van der Waals surface area contributed by atoms with Crippen LogP contribution in [0.1, 0.15) is 41.5 Å². The lowest BCUT2D eigenvalue weighted by Gasteiger charge is -2.46. The molecular weight excluding hydrogens is 285 g/mol. The molecule has 1 nitrogen and oxygen atoms in total. The van der Waals surface area contributed by atoms with Crippen LogP contribution in [-0.2, 0) is 0 Å². The summed E-state index contributed by atoms with van der Waals surface area (Å²) in [5.41, 5.74) is 2.43. The van der Waals surface area contributed by atoms with Crippen molar-refractivity contribution in [1.82, 2.24) is 0 Å². The number of rotatable bonds is 2. The minimum absolute atomic E-state index is 0.0594. The molecule has 2 rings (SSSR count). The molecule has 0 spiro atoms. The van der Waals surface area contributed by atoms with Crippen molar-refractivity contribution < 1.29 is 0 Å². The van der Waals surface area contributed by atoms with E-state index in [1.165, 1.54) is 16.4 Å². The van der Waals surface area contributed by atoms with Gasteiger partial charge in [-0.05, 0) is 11.1 Å². The van der Waals surface area contributed by atoms with Gasteiger partial charge in [-0.3, -0.25) is 0 Å². The third kappa shape index (κ3) is 2.79. The van der Waals surface area contributed by atoms with E-state index in [-0.39, 0.29) is 10.3 Å². The molecule has 0 aliphatic heterocycles. The highest BCUT2D eigenvalue weighted by Crippen LogP contribution is 2.67. The van der Waals surface area contributed by atoms with E-state index in [0.717, 1.165) is 0 Å². The summed E-state index contributed by atoms with van der Waals surface area (Å²) in [6, 6.07) is 19.0. The summed E-state index contributed by atoms with van der Waals surface area (Å²) < 4.78 is 0. The number of benzene rings is 2. The molecular formula is C20H28NP. The minimum Gasteiger partial charge on any atom is -0.313 e. The van der Waals surface area contributed by atoms with Gasteiger partial charge in [0, 0.05) is 22.7 Å². The number of hydrogen-bond donors (Lipinski definition) is 1. The summed E-state index contributed by atoms with van der Waals surface area (Å²) in [6.45, 7) is 13.3. The smallest absolute Gasteiger partial charge is 0.00714 e. The molecule has 0 unspecified atom stereocenters. The van der Waals surface area contributed by atoms with E-state index >= 15 is 0 Å². The fourth-order valence-corrected chi connectivity index (χ4v) is 7.69. The van der Waals surface area contributed by atoms with Gasteiger partial charge in [-0.15, -0.1) is 0 Å². The van der Waals surface area contributed by atoms with Crippen LogP contribution in [0.15, 0.2) is 54.6 Å². The molecule has 0 aromatic heterocycles. The lowest BCUT2D eigenvalue weighted by Crippen LogP contribution is -2.35. The second kappa shape index (κ2) is 5.70. The first-order valence-electron chi connectivity index (χ1n) is 7.88. The molecule has 0 saturated heterocycles. The van der Waals surface area contributed by atoms with Crippen molar-refractivity contribution in [1.29, 1.82) is 5.16 Å². The summed E-state index contributed by atoms with van der Waals surface area (Å²) in [4.78, 5) is 0. The molecule has 2 aromatic carbocycles. The van der Waals surface area contributed by atoms with Crippen LogP contribution in [0.25, 0.3) is 11.1 Å². The van der Waals surface area contributed by atoms with Gasteiger partial charge in [0.05, 0.1) is 0 Å². The molecule has 1 N–H and O–H groups in total. The van der Waals surface area contributed by atoms with Crippen LogP contribution in [0, 0.1) is 5.16 Å². The van der Waals surface area contributed by atoms with Gasteiger partial charge >= 0.3 is 0 Å². The third-order valence-corrected chi connectivity index (χ3v) is 9.50. The van der Waals surface area contributed by atoms with E-state index in [1.54, 1.807) is 0 Å². The highest BCUT2D eigenvalue weighted by Gasteiger charge is 2.44. The van der Waals surface area contributed by atoms with Gasteiger partial charge in [-0.2, -0.15) is 0 Å². The van der Waals surface area contributed by atoms with Gasteiger partial charge in [-0.1, -0.05) is 96.1 Å². The zero-order valence-corrected chi connectivity index (χ0v) is 15.5. The van der Waals surface area contributed by atoms with E-state index in [0.29, 0.717) is 0 Å². The van der Waals surface area contributed by atoms with E-state index in [2.05, 4.69) is 90.1 Å². The standard InChI is InChI=1S/C20H28NP/c1-19(2,3)22(21,20(4,5)6)18-15-11-10-14-17(18)16-12-8-7-9-13-16/h7-15,21H,1-6H3. The van der Waals surface area contributed by atoms with Crippen molar-refractivity contribution in [3.63, 3.8) is 0 Å². The predicted octanol–water partition coefficient (Wildman–Crippen LogP) is 6.36. The molecule has 0 aliphatic rings. The van der Waals surface area contributed by atoms with Crippen molar-refractivity contribution in [2.45, 2.75) is 51.9 Å². The fourth-order valence-electron chi connectivity index (χ4n) is 3.36. The maximum Gasteiger partial charge on any atom is 0.00714 e.